The molecule has 1 fully saturated rings. The average molecular weight is 189 g/mol. The lowest BCUT2D eigenvalue weighted by molar-refractivity contribution is -0.209. The smallest absolute Gasteiger partial charge is 0.158 e. The summed E-state index contributed by atoms with van der Waals surface area (Å²) < 4.78 is 10.9. The molecule has 0 bridgehead atoms. The molecule has 78 valence electrons. The molecule has 1 saturated heterocycles. The molecule has 1 aliphatic rings. The summed E-state index contributed by atoms with van der Waals surface area (Å²) in [6.45, 7) is 3.25. The molecule has 0 spiro atoms. The van der Waals surface area contributed by atoms with E-state index in [1.165, 1.54) is 0 Å². The van der Waals surface area contributed by atoms with Crippen molar-refractivity contribution in [3.8, 4) is 0 Å². The summed E-state index contributed by atoms with van der Waals surface area (Å²) in [5.41, 5.74) is 5.32. The van der Waals surface area contributed by atoms with E-state index in [2.05, 4.69) is 6.92 Å². The Balaban J connectivity index is 2.29. The predicted molar refractivity (Wildman–Crippen MR) is 49.2 cm³/mol. The van der Waals surface area contributed by atoms with E-state index in [0.29, 0.717) is 19.1 Å². The SMILES string of the molecule is CC1CC(CO)OC(OCCN)C1. The fraction of sp³-hybridized carbons (Fsp3) is 1.00. The highest BCUT2D eigenvalue weighted by atomic mass is 16.7. The van der Waals surface area contributed by atoms with Crippen molar-refractivity contribution in [3.05, 3.63) is 0 Å². The molecule has 3 unspecified atom stereocenters. The Bertz CT molecular complexity index is 143. The minimum absolute atomic E-state index is 0.0634. The number of aliphatic hydroxyl groups excluding tert-OH is 1. The van der Waals surface area contributed by atoms with E-state index in [1.54, 1.807) is 0 Å². The first-order valence-corrected chi connectivity index (χ1v) is 4.84. The van der Waals surface area contributed by atoms with Crippen LogP contribution in [0, 0.1) is 5.92 Å². The topological polar surface area (TPSA) is 64.7 Å². The lowest BCUT2D eigenvalue weighted by Crippen LogP contribution is -2.36. The van der Waals surface area contributed by atoms with Gasteiger partial charge in [0.1, 0.15) is 0 Å². The summed E-state index contributed by atoms with van der Waals surface area (Å²) in [4.78, 5) is 0. The van der Waals surface area contributed by atoms with Gasteiger partial charge in [-0.2, -0.15) is 0 Å². The molecule has 0 radical (unpaired) electrons. The molecule has 0 aromatic heterocycles. The molecule has 13 heavy (non-hydrogen) atoms. The van der Waals surface area contributed by atoms with Gasteiger partial charge in [0, 0.05) is 13.0 Å². The molecule has 4 heteroatoms. The Morgan fingerprint density at radius 2 is 2.31 bits per heavy atom. The van der Waals surface area contributed by atoms with Gasteiger partial charge in [-0.15, -0.1) is 0 Å². The third-order valence-corrected chi connectivity index (χ3v) is 2.23. The molecule has 1 rings (SSSR count). The third kappa shape index (κ3) is 3.60. The minimum atomic E-state index is -0.176. The standard InChI is InChI=1S/C9H19NO3/c1-7-4-8(6-11)13-9(5-7)12-3-2-10/h7-9,11H,2-6,10H2,1H3. The van der Waals surface area contributed by atoms with E-state index in [1.807, 2.05) is 0 Å². The van der Waals surface area contributed by atoms with Crippen molar-refractivity contribution in [2.75, 3.05) is 19.8 Å². The number of hydrogen-bond acceptors (Lipinski definition) is 4. The second-order valence-corrected chi connectivity index (χ2v) is 3.61. The van der Waals surface area contributed by atoms with Crippen molar-refractivity contribution >= 4 is 0 Å². The molecule has 0 aliphatic carbocycles. The third-order valence-electron chi connectivity index (χ3n) is 2.23. The largest absolute Gasteiger partial charge is 0.394 e. The molecule has 0 saturated carbocycles. The molecule has 0 aromatic rings. The summed E-state index contributed by atoms with van der Waals surface area (Å²) >= 11 is 0. The molecular weight excluding hydrogens is 170 g/mol. The summed E-state index contributed by atoms with van der Waals surface area (Å²) in [6.07, 6.45) is 1.58. The normalized spacial score (nSPS) is 34.8. The predicted octanol–water partition coefficient (Wildman–Crippen LogP) is 0.0952. The molecule has 1 heterocycles. The van der Waals surface area contributed by atoms with Gasteiger partial charge in [0.15, 0.2) is 6.29 Å². The Kier molecular flexibility index (Phi) is 4.66. The first-order chi connectivity index (χ1) is 6.26. The van der Waals surface area contributed by atoms with Crippen molar-refractivity contribution in [1.29, 1.82) is 0 Å². The minimum Gasteiger partial charge on any atom is -0.394 e. The zero-order valence-electron chi connectivity index (χ0n) is 8.11. The fourth-order valence-corrected chi connectivity index (χ4v) is 1.62. The molecule has 3 N–H and O–H groups in total. The van der Waals surface area contributed by atoms with E-state index >= 15 is 0 Å². The van der Waals surface area contributed by atoms with Crippen LogP contribution in [0.4, 0.5) is 0 Å². The number of nitrogens with two attached hydrogens (primary N) is 1. The Morgan fingerprint density at radius 1 is 1.54 bits per heavy atom. The van der Waals surface area contributed by atoms with Crippen LogP contribution in [0.15, 0.2) is 0 Å². The van der Waals surface area contributed by atoms with Crippen molar-refractivity contribution in [2.24, 2.45) is 11.7 Å². The maximum atomic E-state index is 8.95. The lowest BCUT2D eigenvalue weighted by atomic mass is 9.97. The van der Waals surface area contributed by atoms with Crippen LogP contribution in [-0.4, -0.2) is 37.3 Å². The van der Waals surface area contributed by atoms with E-state index in [0.717, 1.165) is 12.8 Å². The van der Waals surface area contributed by atoms with Crippen LogP contribution in [-0.2, 0) is 9.47 Å². The van der Waals surface area contributed by atoms with Gasteiger partial charge in [-0.1, -0.05) is 6.92 Å². The van der Waals surface area contributed by atoms with Crippen LogP contribution in [0.1, 0.15) is 19.8 Å². The first-order valence-electron chi connectivity index (χ1n) is 4.84. The number of ether oxygens (including phenoxy) is 2. The summed E-state index contributed by atoms with van der Waals surface area (Å²) in [5.74, 6) is 0.550. The fourth-order valence-electron chi connectivity index (χ4n) is 1.62. The maximum Gasteiger partial charge on any atom is 0.158 e. The van der Waals surface area contributed by atoms with Crippen LogP contribution < -0.4 is 5.73 Å². The maximum absolute atomic E-state index is 8.95. The van der Waals surface area contributed by atoms with Crippen LogP contribution >= 0.6 is 0 Å². The van der Waals surface area contributed by atoms with Gasteiger partial charge < -0.3 is 20.3 Å². The molecule has 4 nitrogen and oxygen atoms in total. The van der Waals surface area contributed by atoms with Crippen LogP contribution in [0.25, 0.3) is 0 Å². The van der Waals surface area contributed by atoms with Gasteiger partial charge in [-0.3, -0.25) is 0 Å². The zero-order chi connectivity index (χ0) is 9.68. The van der Waals surface area contributed by atoms with Gasteiger partial charge >= 0.3 is 0 Å². The van der Waals surface area contributed by atoms with Crippen molar-refractivity contribution < 1.29 is 14.6 Å². The van der Waals surface area contributed by atoms with E-state index in [4.69, 9.17) is 20.3 Å². The first kappa shape index (κ1) is 10.9. The lowest BCUT2D eigenvalue weighted by Gasteiger charge is -2.32. The van der Waals surface area contributed by atoms with Gasteiger partial charge in [0.05, 0.1) is 19.3 Å². The second kappa shape index (κ2) is 5.54. The van der Waals surface area contributed by atoms with E-state index in [-0.39, 0.29) is 19.0 Å². The highest BCUT2D eigenvalue weighted by molar-refractivity contribution is 4.70. The van der Waals surface area contributed by atoms with Gasteiger partial charge in [-0.05, 0) is 12.3 Å². The van der Waals surface area contributed by atoms with Crippen molar-refractivity contribution in [1.82, 2.24) is 0 Å². The van der Waals surface area contributed by atoms with Gasteiger partial charge in [-0.25, -0.2) is 0 Å². The van der Waals surface area contributed by atoms with Crippen molar-refractivity contribution in [3.63, 3.8) is 0 Å². The van der Waals surface area contributed by atoms with Gasteiger partial charge in [0.2, 0.25) is 0 Å². The number of rotatable bonds is 4. The Labute approximate surface area is 79.0 Å². The summed E-state index contributed by atoms with van der Waals surface area (Å²) in [5, 5.41) is 8.95. The summed E-state index contributed by atoms with van der Waals surface area (Å²) in [7, 11) is 0. The molecule has 0 aromatic carbocycles. The van der Waals surface area contributed by atoms with Gasteiger partial charge in [0.25, 0.3) is 0 Å². The quantitative estimate of drug-likeness (QED) is 0.658. The molecule has 1 aliphatic heterocycles. The van der Waals surface area contributed by atoms with E-state index in [9.17, 15) is 0 Å². The Morgan fingerprint density at radius 3 is 2.92 bits per heavy atom. The monoisotopic (exact) mass is 189 g/mol. The zero-order valence-corrected chi connectivity index (χ0v) is 8.11. The van der Waals surface area contributed by atoms with Crippen LogP contribution in [0.2, 0.25) is 0 Å². The number of aliphatic hydroxyl groups is 1. The van der Waals surface area contributed by atoms with Crippen LogP contribution in [0.5, 0.6) is 0 Å². The number of hydrogen-bond donors (Lipinski definition) is 2. The Hall–Kier alpha value is -0.160. The summed E-state index contributed by atoms with van der Waals surface area (Å²) in [6, 6.07) is 0. The van der Waals surface area contributed by atoms with E-state index < -0.39 is 0 Å². The van der Waals surface area contributed by atoms with Crippen LogP contribution in [0.3, 0.4) is 0 Å². The molecule has 0 amide bonds. The highest BCUT2D eigenvalue weighted by Gasteiger charge is 2.26. The average Bonchev–Trinajstić information content (AvgIpc) is 2.14. The highest BCUT2D eigenvalue weighted by Crippen LogP contribution is 2.24. The molecular formula is C9H19NO3. The van der Waals surface area contributed by atoms with Crippen molar-refractivity contribution in [2.45, 2.75) is 32.2 Å². The second-order valence-electron chi connectivity index (χ2n) is 3.61. The molecule has 3 atom stereocenters.